The van der Waals surface area contributed by atoms with E-state index in [1.165, 1.54) is 14.0 Å². The molecule has 0 aliphatic carbocycles. The highest BCUT2D eigenvalue weighted by atomic mass is 127. The zero-order valence-electron chi connectivity index (χ0n) is 7.30. The summed E-state index contributed by atoms with van der Waals surface area (Å²) in [6.45, 7) is 1.40. The van der Waals surface area contributed by atoms with Gasteiger partial charge in [-0.3, -0.25) is 4.79 Å². The van der Waals surface area contributed by atoms with Crippen LogP contribution in [-0.2, 0) is 0 Å². The maximum atomic E-state index is 11.2. The van der Waals surface area contributed by atoms with E-state index in [2.05, 4.69) is 0 Å². The van der Waals surface area contributed by atoms with Gasteiger partial charge < -0.3 is 9.84 Å². The molecule has 0 heterocycles. The van der Waals surface area contributed by atoms with Crippen LogP contribution in [0.1, 0.15) is 17.3 Å². The number of carbonyl (C=O) groups is 1. The van der Waals surface area contributed by atoms with Crippen LogP contribution in [0, 0.1) is 3.57 Å². The minimum atomic E-state index is -0.201. The van der Waals surface area contributed by atoms with E-state index >= 15 is 0 Å². The van der Waals surface area contributed by atoms with E-state index in [0.717, 1.165) is 0 Å². The van der Waals surface area contributed by atoms with E-state index in [1.807, 2.05) is 22.6 Å². The number of ketones is 1. The molecule has 0 saturated carbocycles. The molecular weight excluding hydrogens is 283 g/mol. The van der Waals surface area contributed by atoms with Crippen molar-refractivity contribution in [2.75, 3.05) is 7.11 Å². The molecule has 1 N–H and O–H groups in total. The fourth-order valence-corrected chi connectivity index (χ4v) is 1.51. The summed E-state index contributed by atoms with van der Waals surface area (Å²) < 4.78 is 5.60. The lowest BCUT2D eigenvalue weighted by Gasteiger charge is -2.08. The van der Waals surface area contributed by atoms with Crippen LogP contribution in [0.5, 0.6) is 11.5 Å². The Bertz CT molecular complexity index is 347. The normalized spacial score (nSPS) is 9.77. The average Bonchev–Trinajstić information content (AvgIpc) is 2.08. The molecule has 0 saturated heterocycles. The Balaban J connectivity index is 3.41. The van der Waals surface area contributed by atoms with Crippen LogP contribution in [0.25, 0.3) is 0 Å². The SMILES string of the molecule is COc1ccc(I)c(O)c1C(C)=O. The van der Waals surface area contributed by atoms with E-state index in [0.29, 0.717) is 9.32 Å². The van der Waals surface area contributed by atoms with Gasteiger partial charge in [-0.15, -0.1) is 0 Å². The number of phenols is 1. The van der Waals surface area contributed by atoms with Crippen molar-refractivity contribution in [2.45, 2.75) is 6.92 Å². The molecular formula is C9H9IO3. The first kappa shape index (κ1) is 10.3. The first-order valence-electron chi connectivity index (χ1n) is 3.64. The van der Waals surface area contributed by atoms with Crippen molar-refractivity contribution in [1.82, 2.24) is 0 Å². The third kappa shape index (κ3) is 1.93. The van der Waals surface area contributed by atoms with Crippen LogP contribution in [0.2, 0.25) is 0 Å². The Morgan fingerprint density at radius 1 is 1.54 bits per heavy atom. The summed E-state index contributed by atoms with van der Waals surface area (Å²) in [5, 5.41) is 9.57. The molecule has 0 aromatic heterocycles. The first-order valence-corrected chi connectivity index (χ1v) is 4.72. The Morgan fingerprint density at radius 2 is 2.15 bits per heavy atom. The molecule has 0 unspecified atom stereocenters. The number of hydrogen-bond acceptors (Lipinski definition) is 3. The van der Waals surface area contributed by atoms with E-state index in [1.54, 1.807) is 12.1 Å². The van der Waals surface area contributed by atoms with Crippen LogP contribution in [0.15, 0.2) is 12.1 Å². The van der Waals surface area contributed by atoms with Crippen molar-refractivity contribution in [3.05, 3.63) is 21.3 Å². The number of hydrogen-bond donors (Lipinski definition) is 1. The predicted molar refractivity (Wildman–Crippen MR) is 57.4 cm³/mol. The lowest BCUT2D eigenvalue weighted by atomic mass is 10.1. The zero-order valence-corrected chi connectivity index (χ0v) is 9.45. The molecule has 0 amide bonds. The van der Waals surface area contributed by atoms with Gasteiger partial charge in [0.1, 0.15) is 17.1 Å². The van der Waals surface area contributed by atoms with Gasteiger partial charge in [0.15, 0.2) is 5.78 Å². The summed E-state index contributed by atoms with van der Waals surface area (Å²) in [5.74, 6) is 0.200. The second kappa shape index (κ2) is 3.95. The molecule has 1 rings (SSSR count). The van der Waals surface area contributed by atoms with Gasteiger partial charge >= 0.3 is 0 Å². The van der Waals surface area contributed by atoms with Gasteiger partial charge in [0.05, 0.1) is 10.7 Å². The average molecular weight is 292 g/mol. The standard InChI is InChI=1S/C9H9IO3/c1-5(11)8-7(13-2)4-3-6(10)9(8)12/h3-4,12H,1-2H3. The molecule has 0 fully saturated rings. The number of phenolic OH excluding ortho intramolecular Hbond substituents is 1. The van der Waals surface area contributed by atoms with Gasteiger partial charge in [0.25, 0.3) is 0 Å². The molecule has 0 aliphatic heterocycles. The largest absolute Gasteiger partial charge is 0.506 e. The number of ether oxygens (including phenoxy) is 1. The lowest BCUT2D eigenvalue weighted by Crippen LogP contribution is -1.99. The molecule has 13 heavy (non-hydrogen) atoms. The smallest absolute Gasteiger partial charge is 0.167 e. The van der Waals surface area contributed by atoms with E-state index in [9.17, 15) is 9.90 Å². The monoisotopic (exact) mass is 292 g/mol. The molecule has 0 spiro atoms. The van der Waals surface area contributed by atoms with E-state index in [-0.39, 0.29) is 17.1 Å². The number of Topliss-reactive ketones (excluding diaryl/α,β-unsaturated/α-hetero) is 1. The number of benzene rings is 1. The Kier molecular flexibility index (Phi) is 3.13. The number of carbonyl (C=O) groups excluding carboxylic acids is 1. The maximum absolute atomic E-state index is 11.2. The van der Waals surface area contributed by atoms with Crippen LogP contribution >= 0.6 is 22.6 Å². The van der Waals surface area contributed by atoms with Gasteiger partial charge in [-0.25, -0.2) is 0 Å². The summed E-state index contributed by atoms with van der Waals surface area (Å²) in [7, 11) is 1.47. The Labute approximate surface area is 89.9 Å². The second-order valence-electron chi connectivity index (χ2n) is 2.53. The molecule has 0 atom stereocenters. The minimum absolute atomic E-state index is 0.00699. The van der Waals surface area contributed by atoms with Crippen LogP contribution in [0.3, 0.4) is 0 Å². The third-order valence-corrected chi connectivity index (χ3v) is 2.53. The van der Waals surface area contributed by atoms with Crippen molar-refractivity contribution in [3.8, 4) is 11.5 Å². The van der Waals surface area contributed by atoms with Crippen LogP contribution in [-0.4, -0.2) is 18.0 Å². The lowest BCUT2D eigenvalue weighted by molar-refractivity contribution is 0.101. The van der Waals surface area contributed by atoms with Gasteiger partial charge in [-0.1, -0.05) is 0 Å². The van der Waals surface area contributed by atoms with Crippen molar-refractivity contribution < 1.29 is 14.6 Å². The van der Waals surface area contributed by atoms with Crippen molar-refractivity contribution in [2.24, 2.45) is 0 Å². The van der Waals surface area contributed by atoms with Gasteiger partial charge in [-0.2, -0.15) is 0 Å². The molecule has 3 nitrogen and oxygen atoms in total. The third-order valence-electron chi connectivity index (χ3n) is 1.66. The molecule has 0 radical (unpaired) electrons. The van der Waals surface area contributed by atoms with Gasteiger partial charge in [0.2, 0.25) is 0 Å². The van der Waals surface area contributed by atoms with E-state index < -0.39 is 0 Å². The number of aromatic hydroxyl groups is 1. The second-order valence-corrected chi connectivity index (χ2v) is 3.69. The molecule has 1 aromatic rings. The molecule has 4 heteroatoms. The Morgan fingerprint density at radius 3 is 2.62 bits per heavy atom. The minimum Gasteiger partial charge on any atom is -0.506 e. The first-order chi connectivity index (χ1) is 6.07. The quantitative estimate of drug-likeness (QED) is 0.671. The topological polar surface area (TPSA) is 46.5 Å². The summed E-state index contributed by atoms with van der Waals surface area (Å²) in [5.41, 5.74) is 0.245. The van der Waals surface area contributed by atoms with Crippen molar-refractivity contribution in [1.29, 1.82) is 0 Å². The van der Waals surface area contributed by atoms with E-state index in [4.69, 9.17) is 4.74 Å². The predicted octanol–water partition coefficient (Wildman–Crippen LogP) is 2.21. The van der Waals surface area contributed by atoms with Crippen molar-refractivity contribution in [3.63, 3.8) is 0 Å². The zero-order chi connectivity index (χ0) is 10.0. The fraction of sp³-hybridized carbons (Fsp3) is 0.222. The highest BCUT2D eigenvalue weighted by molar-refractivity contribution is 14.1. The maximum Gasteiger partial charge on any atom is 0.167 e. The van der Waals surface area contributed by atoms with Crippen LogP contribution in [0.4, 0.5) is 0 Å². The highest BCUT2D eigenvalue weighted by Crippen LogP contribution is 2.32. The molecule has 0 aliphatic rings. The molecule has 1 aromatic carbocycles. The summed E-state index contributed by atoms with van der Waals surface area (Å²) in [6.07, 6.45) is 0. The summed E-state index contributed by atoms with van der Waals surface area (Å²) in [4.78, 5) is 11.2. The van der Waals surface area contributed by atoms with Crippen molar-refractivity contribution >= 4 is 28.4 Å². The van der Waals surface area contributed by atoms with Crippen LogP contribution < -0.4 is 4.74 Å². The fourth-order valence-electron chi connectivity index (χ4n) is 1.06. The number of rotatable bonds is 2. The number of halogens is 1. The summed E-state index contributed by atoms with van der Waals surface area (Å²) in [6, 6.07) is 3.36. The Hall–Kier alpha value is -0.780. The summed E-state index contributed by atoms with van der Waals surface area (Å²) >= 11 is 1.96. The number of methoxy groups -OCH3 is 1. The van der Waals surface area contributed by atoms with Gasteiger partial charge in [0, 0.05) is 0 Å². The molecule has 0 bridgehead atoms. The highest BCUT2D eigenvalue weighted by Gasteiger charge is 2.15. The molecule has 70 valence electrons. The van der Waals surface area contributed by atoms with Gasteiger partial charge in [-0.05, 0) is 41.6 Å².